The standard InChI is InChI=1S/C18H20N2O2S/c1-3-16-9-11-18(12-10-16)23(21,22)20-19-14-15(2)13-17-7-5-4-6-8-17/h4-14,20H,3H2,1-2H3/b15-13+,19-14+. The Morgan fingerprint density at radius 2 is 1.74 bits per heavy atom. The largest absolute Gasteiger partial charge is 0.276 e. The second-order valence-corrected chi connectivity index (χ2v) is 6.81. The van der Waals surface area contributed by atoms with Crippen molar-refractivity contribution in [3.63, 3.8) is 0 Å². The summed E-state index contributed by atoms with van der Waals surface area (Å²) in [6, 6.07) is 16.6. The molecule has 0 saturated heterocycles. The summed E-state index contributed by atoms with van der Waals surface area (Å²) in [4.78, 5) is 2.44. The molecule has 23 heavy (non-hydrogen) atoms. The third kappa shape index (κ3) is 5.07. The number of allylic oxidation sites excluding steroid dienone is 1. The molecule has 0 amide bonds. The highest BCUT2D eigenvalue weighted by atomic mass is 32.2. The maximum Gasteiger partial charge on any atom is 0.276 e. The lowest BCUT2D eigenvalue weighted by Gasteiger charge is -2.04. The SMILES string of the molecule is CCc1ccc(S(=O)(=O)N/N=C/C(C)=C/c2ccccc2)cc1. The minimum atomic E-state index is -3.63. The minimum Gasteiger partial charge on any atom is -0.200 e. The molecule has 0 unspecified atom stereocenters. The van der Waals surface area contributed by atoms with E-state index in [0.717, 1.165) is 23.1 Å². The van der Waals surface area contributed by atoms with Crippen molar-refractivity contribution in [2.45, 2.75) is 25.2 Å². The van der Waals surface area contributed by atoms with Gasteiger partial charge in [-0.15, -0.1) is 0 Å². The summed E-state index contributed by atoms with van der Waals surface area (Å²) in [7, 11) is -3.63. The molecule has 2 aromatic rings. The first-order chi connectivity index (χ1) is 11.0. The van der Waals surface area contributed by atoms with Crippen molar-refractivity contribution in [3.05, 3.63) is 71.3 Å². The normalized spacial score (nSPS) is 12.5. The molecule has 0 radical (unpaired) electrons. The molecule has 0 aliphatic carbocycles. The number of sulfonamides is 1. The first-order valence-electron chi connectivity index (χ1n) is 7.38. The summed E-state index contributed by atoms with van der Waals surface area (Å²) in [6.45, 7) is 3.88. The van der Waals surface area contributed by atoms with Crippen molar-refractivity contribution < 1.29 is 8.42 Å². The highest BCUT2D eigenvalue weighted by molar-refractivity contribution is 7.89. The predicted octanol–water partition coefficient (Wildman–Crippen LogP) is 3.62. The van der Waals surface area contributed by atoms with Gasteiger partial charge in [0.15, 0.2) is 0 Å². The Labute approximate surface area is 137 Å². The van der Waals surface area contributed by atoms with Gasteiger partial charge in [0.05, 0.1) is 11.1 Å². The molecule has 0 aliphatic heterocycles. The van der Waals surface area contributed by atoms with Gasteiger partial charge in [-0.3, -0.25) is 0 Å². The number of hydrazone groups is 1. The topological polar surface area (TPSA) is 58.5 Å². The van der Waals surface area contributed by atoms with E-state index < -0.39 is 10.0 Å². The Kier molecular flexibility index (Phi) is 5.71. The fourth-order valence-electron chi connectivity index (χ4n) is 2.00. The summed E-state index contributed by atoms with van der Waals surface area (Å²) in [5.41, 5.74) is 2.98. The van der Waals surface area contributed by atoms with Crippen LogP contribution in [0.4, 0.5) is 0 Å². The van der Waals surface area contributed by atoms with Crippen molar-refractivity contribution in [2.75, 3.05) is 0 Å². The van der Waals surface area contributed by atoms with Gasteiger partial charge in [0, 0.05) is 0 Å². The zero-order valence-corrected chi connectivity index (χ0v) is 14.0. The lowest BCUT2D eigenvalue weighted by atomic mass is 10.1. The number of rotatable bonds is 6. The van der Waals surface area contributed by atoms with E-state index in [2.05, 4.69) is 9.93 Å². The van der Waals surface area contributed by atoms with Crippen LogP contribution in [0.15, 0.2) is 70.2 Å². The van der Waals surface area contributed by atoms with Gasteiger partial charge in [0.25, 0.3) is 10.0 Å². The fourth-order valence-corrected chi connectivity index (χ4v) is 2.80. The molecule has 1 N–H and O–H groups in total. The maximum atomic E-state index is 12.1. The number of nitrogens with one attached hydrogen (secondary N) is 1. The third-order valence-electron chi connectivity index (χ3n) is 3.28. The van der Waals surface area contributed by atoms with Crippen molar-refractivity contribution in [3.8, 4) is 0 Å². The number of hydrogen-bond acceptors (Lipinski definition) is 3. The quantitative estimate of drug-likeness (QED) is 0.650. The van der Waals surface area contributed by atoms with Crippen LogP contribution in [0, 0.1) is 0 Å². The van der Waals surface area contributed by atoms with Crippen LogP contribution in [0.1, 0.15) is 25.0 Å². The first-order valence-corrected chi connectivity index (χ1v) is 8.87. The number of aryl methyl sites for hydroxylation is 1. The monoisotopic (exact) mass is 328 g/mol. The van der Waals surface area contributed by atoms with Gasteiger partial charge in [-0.05, 0) is 42.2 Å². The molecule has 0 fully saturated rings. The van der Waals surface area contributed by atoms with Crippen LogP contribution in [0.2, 0.25) is 0 Å². The Morgan fingerprint density at radius 1 is 1.09 bits per heavy atom. The van der Waals surface area contributed by atoms with E-state index in [1.807, 2.05) is 50.3 Å². The van der Waals surface area contributed by atoms with Crippen LogP contribution in [0.3, 0.4) is 0 Å². The molecule has 2 rings (SSSR count). The second-order valence-electron chi connectivity index (χ2n) is 5.15. The zero-order chi connectivity index (χ0) is 16.7. The van der Waals surface area contributed by atoms with E-state index in [9.17, 15) is 8.42 Å². The Bertz CT molecular complexity index is 793. The average molecular weight is 328 g/mol. The van der Waals surface area contributed by atoms with E-state index in [-0.39, 0.29) is 4.90 Å². The molecule has 4 nitrogen and oxygen atoms in total. The van der Waals surface area contributed by atoms with Crippen LogP contribution >= 0.6 is 0 Å². The number of hydrogen-bond donors (Lipinski definition) is 1. The number of nitrogens with zero attached hydrogens (tertiary/aromatic N) is 1. The Morgan fingerprint density at radius 3 is 2.35 bits per heavy atom. The molecule has 120 valence electrons. The summed E-state index contributed by atoms with van der Waals surface area (Å²) in [5, 5.41) is 3.83. The van der Waals surface area contributed by atoms with Gasteiger partial charge in [0.2, 0.25) is 0 Å². The smallest absolute Gasteiger partial charge is 0.200 e. The lowest BCUT2D eigenvalue weighted by Crippen LogP contribution is -2.18. The minimum absolute atomic E-state index is 0.205. The molecule has 0 atom stereocenters. The molecule has 0 heterocycles. The first kappa shape index (κ1) is 17.0. The van der Waals surface area contributed by atoms with Crippen LogP contribution in [0.5, 0.6) is 0 Å². The molecule has 0 bridgehead atoms. The average Bonchev–Trinajstić information content (AvgIpc) is 2.55. The third-order valence-corrected chi connectivity index (χ3v) is 4.52. The summed E-state index contributed by atoms with van der Waals surface area (Å²) in [5.74, 6) is 0. The summed E-state index contributed by atoms with van der Waals surface area (Å²) in [6.07, 6.45) is 4.29. The van der Waals surface area contributed by atoms with Crippen LogP contribution in [0.25, 0.3) is 6.08 Å². The van der Waals surface area contributed by atoms with Gasteiger partial charge in [-0.25, -0.2) is 4.83 Å². The van der Waals surface area contributed by atoms with Crippen molar-refractivity contribution in [1.82, 2.24) is 4.83 Å². The molecular weight excluding hydrogens is 308 g/mol. The molecular formula is C18H20N2O2S. The lowest BCUT2D eigenvalue weighted by molar-refractivity contribution is 0.584. The molecule has 0 saturated carbocycles. The van der Waals surface area contributed by atoms with Gasteiger partial charge in [-0.1, -0.05) is 55.5 Å². The predicted molar refractivity (Wildman–Crippen MR) is 94.7 cm³/mol. The Balaban J connectivity index is 2.04. The van der Waals surface area contributed by atoms with Crippen LogP contribution < -0.4 is 4.83 Å². The van der Waals surface area contributed by atoms with Gasteiger partial charge in [-0.2, -0.15) is 13.5 Å². The molecule has 0 aromatic heterocycles. The van der Waals surface area contributed by atoms with Crippen molar-refractivity contribution in [1.29, 1.82) is 0 Å². The molecule has 0 spiro atoms. The highest BCUT2D eigenvalue weighted by Gasteiger charge is 2.11. The highest BCUT2D eigenvalue weighted by Crippen LogP contribution is 2.11. The van der Waals surface area contributed by atoms with E-state index in [0.29, 0.717) is 0 Å². The fraction of sp³-hybridized carbons (Fsp3) is 0.167. The van der Waals surface area contributed by atoms with Crippen LogP contribution in [-0.4, -0.2) is 14.6 Å². The van der Waals surface area contributed by atoms with E-state index in [1.165, 1.54) is 6.21 Å². The molecule has 0 aliphatic rings. The number of benzene rings is 2. The molecule has 5 heteroatoms. The maximum absolute atomic E-state index is 12.1. The van der Waals surface area contributed by atoms with Gasteiger partial charge in [0.1, 0.15) is 0 Å². The van der Waals surface area contributed by atoms with Gasteiger partial charge >= 0.3 is 0 Å². The van der Waals surface area contributed by atoms with E-state index in [4.69, 9.17) is 0 Å². The Hall–Kier alpha value is -2.40. The van der Waals surface area contributed by atoms with Crippen LogP contribution in [-0.2, 0) is 16.4 Å². The van der Waals surface area contributed by atoms with Crippen molar-refractivity contribution >= 4 is 22.3 Å². The molecule has 2 aromatic carbocycles. The van der Waals surface area contributed by atoms with Gasteiger partial charge < -0.3 is 0 Å². The summed E-state index contributed by atoms with van der Waals surface area (Å²) < 4.78 is 24.3. The van der Waals surface area contributed by atoms with E-state index >= 15 is 0 Å². The van der Waals surface area contributed by atoms with E-state index in [1.54, 1.807) is 24.3 Å². The zero-order valence-electron chi connectivity index (χ0n) is 13.2. The second kappa shape index (κ2) is 7.74. The summed E-state index contributed by atoms with van der Waals surface area (Å²) >= 11 is 0. The van der Waals surface area contributed by atoms with Crippen molar-refractivity contribution in [2.24, 2.45) is 5.10 Å².